The minimum absolute atomic E-state index is 0.219. The van der Waals surface area contributed by atoms with E-state index in [1.165, 1.54) is 0 Å². The van der Waals surface area contributed by atoms with Gasteiger partial charge in [-0.15, -0.1) is 0 Å². The highest BCUT2D eigenvalue weighted by atomic mass is 79.9. The van der Waals surface area contributed by atoms with Crippen LogP contribution in [0.15, 0.2) is 24.5 Å². The molecular formula is C12H12BrN3O. The molecule has 1 amide bonds. The van der Waals surface area contributed by atoms with E-state index in [9.17, 15) is 4.79 Å². The molecule has 88 valence electrons. The van der Waals surface area contributed by atoms with Gasteiger partial charge in [0.15, 0.2) is 0 Å². The second-order valence-electron chi connectivity index (χ2n) is 4.33. The summed E-state index contributed by atoms with van der Waals surface area (Å²) in [6.07, 6.45) is 2.29. The van der Waals surface area contributed by atoms with Gasteiger partial charge in [0.25, 0.3) is 0 Å². The van der Waals surface area contributed by atoms with Crippen molar-refractivity contribution >= 4 is 32.9 Å². The molecule has 2 heterocycles. The quantitative estimate of drug-likeness (QED) is 0.862. The van der Waals surface area contributed by atoms with Gasteiger partial charge in [-0.05, 0) is 17.7 Å². The Hall–Kier alpha value is -1.36. The van der Waals surface area contributed by atoms with Gasteiger partial charge in [0.2, 0.25) is 5.91 Å². The summed E-state index contributed by atoms with van der Waals surface area (Å²) in [4.78, 5) is 21.1. The Kier molecular flexibility index (Phi) is 2.63. The molecule has 4 nitrogen and oxygen atoms in total. The van der Waals surface area contributed by atoms with Crippen LogP contribution in [0, 0.1) is 0 Å². The third-order valence-corrected chi connectivity index (χ3v) is 3.64. The number of aromatic amines is 1. The summed E-state index contributed by atoms with van der Waals surface area (Å²) in [5.41, 5.74) is 3.11. The molecule has 5 heteroatoms. The number of carbonyl (C=O) groups excluding carboxylic acids is 1. The van der Waals surface area contributed by atoms with Crippen LogP contribution in [0.25, 0.3) is 11.0 Å². The fraction of sp³-hybridized carbons (Fsp3) is 0.333. The highest BCUT2D eigenvalue weighted by Crippen LogP contribution is 2.21. The number of aromatic nitrogens is 2. The predicted molar refractivity (Wildman–Crippen MR) is 68.8 cm³/mol. The lowest BCUT2D eigenvalue weighted by Crippen LogP contribution is -2.24. The summed E-state index contributed by atoms with van der Waals surface area (Å²) in [6, 6.07) is 6.06. The molecule has 1 aromatic heterocycles. The van der Waals surface area contributed by atoms with E-state index in [0.29, 0.717) is 17.8 Å². The number of carbonyl (C=O) groups is 1. The van der Waals surface area contributed by atoms with Crippen LogP contribution in [0.5, 0.6) is 0 Å². The molecule has 0 spiro atoms. The first-order valence-corrected chi connectivity index (χ1v) is 6.48. The zero-order valence-corrected chi connectivity index (χ0v) is 10.8. The van der Waals surface area contributed by atoms with Gasteiger partial charge in [-0.3, -0.25) is 4.79 Å². The minimum atomic E-state index is 0.219. The van der Waals surface area contributed by atoms with E-state index in [-0.39, 0.29) is 5.91 Å². The van der Waals surface area contributed by atoms with E-state index in [1.807, 2.05) is 17.0 Å². The van der Waals surface area contributed by atoms with Crippen LogP contribution in [0.3, 0.4) is 0 Å². The number of imidazole rings is 1. The highest BCUT2D eigenvalue weighted by Gasteiger charge is 2.27. The fourth-order valence-corrected chi connectivity index (χ4v) is 2.80. The average molecular weight is 294 g/mol. The number of rotatable bonds is 2. The molecule has 3 rings (SSSR count). The molecule has 17 heavy (non-hydrogen) atoms. The van der Waals surface area contributed by atoms with Gasteiger partial charge >= 0.3 is 0 Å². The number of fused-ring (bicyclic) bond motifs is 1. The van der Waals surface area contributed by atoms with Gasteiger partial charge < -0.3 is 9.88 Å². The van der Waals surface area contributed by atoms with Crippen molar-refractivity contribution in [2.75, 3.05) is 6.54 Å². The first-order valence-electron chi connectivity index (χ1n) is 5.56. The van der Waals surface area contributed by atoms with Gasteiger partial charge in [-0.25, -0.2) is 4.98 Å². The number of nitrogens with zero attached hydrogens (tertiary/aromatic N) is 2. The first kappa shape index (κ1) is 10.8. The summed E-state index contributed by atoms with van der Waals surface area (Å²) in [7, 11) is 0. The van der Waals surface area contributed by atoms with E-state index in [2.05, 4.69) is 32.0 Å². The number of halogens is 1. The molecule has 0 aliphatic carbocycles. The van der Waals surface area contributed by atoms with Crippen LogP contribution in [0.4, 0.5) is 0 Å². The van der Waals surface area contributed by atoms with E-state index in [1.54, 1.807) is 6.33 Å². The van der Waals surface area contributed by atoms with Crippen molar-refractivity contribution in [1.82, 2.24) is 14.9 Å². The Bertz CT molecular complexity index is 566. The van der Waals surface area contributed by atoms with Crippen molar-refractivity contribution in [3.63, 3.8) is 0 Å². The van der Waals surface area contributed by atoms with Crippen LogP contribution >= 0.6 is 15.9 Å². The summed E-state index contributed by atoms with van der Waals surface area (Å²) >= 11 is 3.49. The summed E-state index contributed by atoms with van der Waals surface area (Å²) in [5, 5.41) is 0. The SMILES string of the molecule is O=C1CC(Br)CN1Cc1ccc2nc[nH]c2c1. The van der Waals surface area contributed by atoms with Gasteiger partial charge in [0.1, 0.15) is 0 Å². The number of likely N-dealkylation sites (tertiary alicyclic amines) is 1. The number of hydrogen-bond donors (Lipinski definition) is 1. The van der Waals surface area contributed by atoms with Crippen molar-refractivity contribution in [3.05, 3.63) is 30.1 Å². The molecule has 1 N–H and O–H groups in total. The van der Waals surface area contributed by atoms with Crippen molar-refractivity contribution in [1.29, 1.82) is 0 Å². The van der Waals surface area contributed by atoms with Gasteiger partial charge in [-0.2, -0.15) is 0 Å². The number of benzene rings is 1. The smallest absolute Gasteiger partial charge is 0.224 e. The van der Waals surface area contributed by atoms with Crippen LogP contribution in [-0.2, 0) is 11.3 Å². The number of amides is 1. The topological polar surface area (TPSA) is 49.0 Å². The molecule has 0 bridgehead atoms. The second-order valence-corrected chi connectivity index (χ2v) is 5.62. The summed E-state index contributed by atoms with van der Waals surface area (Å²) in [6.45, 7) is 1.47. The van der Waals surface area contributed by atoms with Crippen LogP contribution in [-0.4, -0.2) is 32.1 Å². The molecule has 1 fully saturated rings. The van der Waals surface area contributed by atoms with Crippen LogP contribution in [0.1, 0.15) is 12.0 Å². The molecule has 2 aromatic rings. The first-order chi connectivity index (χ1) is 8.22. The Morgan fingerprint density at radius 3 is 3.18 bits per heavy atom. The van der Waals surface area contributed by atoms with Crippen molar-refractivity contribution < 1.29 is 4.79 Å². The van der Waals surface area contributed by atoms with Gasteiger partial charge in [0.05, 0.1) is 17.4 Å². The van der Waals surface area contributed by atoms with Crippen LogP contribution in [0.2, 0.25) is 0 Å². The lowest BCUT2D eigenvalue weighted by Gasteiger charge is -2.15. The van der Waals surface area contributed by atoms with Gasteiger partial charge in [0, 0.05) is 24.3 Å². The van der Waals surface area contributed by atoms with E-state index >= 15 is 0 Å². The monoisotopic (exact) mass is 293 g/mol. The molecule has 1 saturated heterocycles. The maximum Gasteiger partial charge on any atom is 0.224 e. The highest BCUT2D eigenvalue weighted by molar-refractivity contribution is 9.09. The lowest BCUT2D eigenvalue weighted by atomic mass is 10.2. The van der Waals surface area contributed by atoms with Crippen molar-refractivity contribution in [3.8, 4) is 0 Å². The van der Waals surface area contributed by atoms with E-state index < -0.39 is 0 Å². The number of alkyl halides is 1. The normalized spacial score (nSPS) is 20.4. The zero-order valence-electron chi connectivity index (χ0n) is 9.19. The lowest BCUT2D eigenvalue weighted by molar-refractivity contribution is -0.128. The fourth-order valence-electron chi connectivity index (χ4n) is 2.18. The number of H-pyrrole nitrogens is 1. The maximum atomic E-state index is 11.7. The largest absolute Gasteiger partial charge is 0.345 e. The summed E-state index contributed by atoms with van der Waals surface area (Å²) < 4.78 is 0. The zero-order chi connectivity index (χ0) is 11.8. The summed E-state index contributed by atoms with van der Waals surface area (Å²) in [5.74, 6) is 0.219. The van der Waals surface area contributed by atoms with Gasteiger partial charge in [-0.1, -0.05) is 22.0 Å². The molecule has 0 radical (unpaired) electrons. The molecular weight excluding hydrogens is 282 g/mol. The molecule has 1 unspecified atom stereocenters. The molecule has 1 aliphatic rings. The second kappa shape index (κ2) is 4.14. The van der Waals surface area contributed by atoms with E-state index in [4.69, 9.17) is 0 Å². The molecule has 0 saturated carbocycles. The standard InChI is InChI=1S/C12H12BrN3O/c13-9-4-12(17)16(6-9)5-8-1-2-10-11(3-8)15-7-14-10/h1-3,7,9H,4-6H2,(H,14,15). The number of nitrogens with one attached hydrogen (secondary N) is 1. The average Bonchev–Trinajstić information content (AvgIpc) is 2.85. The van der Waals surface area contributed by atoms with Crippen molar-refractivity contribution in [2.24, 2.45) is 0 Å². The molecule has 1 atom stereocenters. The van der Waals surface area contributed by atoms with Crippen molar-refractivity contribution in [2.45, 2.75) is 17.8 Å². The maximum absolute atomic E-state index is 11.7. The molecule has 1 aromatic carbocycles. The van der Waals surface area contributed by atoms with E-state index in [0.717, 1.165) is 23.1 Å². The predicted octanol–water partition coefficient (Wildman–Crippen LogP) is 2.06. The Balaban J connectivity index is 1.82. The Morgan fingerprint density at radius 1 is 1.53 bits per heavy atom. The minimum Gasteiger partial charge on any atom is -0.345 e. The Labute approximate surface area is 107 Å². The third-order valence-electron chi connectivity index (χ3n) is 3.03. The Morgan fingerprint density at radius 2 is 2.41 bits per heavy atom. The molecule has 1 aliphatic heterocycles. The number of hydrogen-bond acceptors (Lipinski definition) is 2. The third kappa shape index (κ3) is 2.07. The van der Waals surface area contributed by atoms with Crippen LogP contribution < -0.4 is 0 Å².